The van der Waals surface area contributed by atoms with Crippen LogP contribution in [0, 0.1) is 0 Å². The standard InChI is InChI=1S/C13H20N2O/c1-3-10(2)11-4-6-12(7-5-11)15-13(16)8-9-14/h4-7,10H,3,8-9,14H2,1-2H3,(H,15,16)/t10-/m1/s1. The van der Waals surface area contributed by atoms with Crippen LogP contribution >= 0.6 is 0 Å². The van der Waals surface area contributed by atoms with E-state index < -0.39 is 0 Å². The Hall–Kier alpha value is -1.35. The predicted molar refractivity (Wildman–Crippen MR) is 67.4 cm³/mol. The van der Waals surface area contributed by atoms with Crippen molar-refractivity contribution in [3.8, 4) is 0 Å². The molecule has 0 radical (unpaired) electrons. The minimum Gasteiger partial charge on any atom is -0.330 e. The highest BCUT2D eigenvalue weighted by Gasteiger charge is 2.04. The largest absolute Gasteiger partial charge is 0.330 e. The van der Waals surface area contributed by atoms with Crippen LogP contribution in [-0.4, -0.2) is 12.5 Å². The Bertz CT molecular complexity index is 332. The second-order valence-electron chi connectivity index (χ2n) is 4.02. The third-order valence-electron chi connectivity index (χ3n) is 2.75. The molecule has 0 aliphatic carbocycles. The van der Waals surface area contributed by atoms with Crippen molar-refractivity contribution >= 4 is 11.6 Å². The van der Waals surface area contributed by atoms with Crippen molar-refractivity contribution in [3.05, 3.63) is 29.8 Å². The van der Waals surface area contributed by atoms with Crippen molar-refractivity contribution in [1.82, 2.24) is 0 Å². The molecule has 0 fully saturated rings. The fourth-order valence-corrected chi connectivity index (χ4v) is 1.49. The van der Waals surface area contributed by atoms with Crippen LogP contribution in [0.15, 0.2) is 24.3 Å². The molecule has 0 saturated carbocycles. The van der Waals surface area contributed by atoms with E-state index in [2.05, 4.69) is 31.3 Å². The Balaban J connectivity index is 2.61. The Morgan fingerprint density at radius 3 is 2.50 bits per heavy atom. The second-order valence-corrected chi connectivity index (χ2v) is 4.02. The number of amides is 1. The minimum absolute atomic E-state index is 0.0289. The summed E-state index contributed by atoms with van der Waals surface area (Å²) in [7, 11) is 0. The Morgan fingerprint density at radius 1 is 1.38 bits per heavy atom. The van der Waals surface area contributed by atoms with Gasteiger partial charge in [0.1, 0.15) is 0 Å². The number of nitrogens with one attached hydrogen (secondary N) is 1. The number of carbonyl (C=O) groups excluding carboxylic acids is 1. The number of carbonyl (C=O) groups is 1. The average molecular weight is 220 g/mol. The lowest BCUT2D eigenvalue weighted by Gasteiger charge is -2.10. The molecule has 1 aromatic carbocycles. The van der Waals surface area contributed by atoms with Crippen molar-refractivity contribution in [1.29, 1.82) is 0 Å². The zero-order valence-corrected chi connectivity index (χ0v) is 9.99. The molecule has 3 heteroatoms. The van der Waals surface area contributed by atoms with Crippen molar-refractivity contribution in [3.63, 3.8) is 0 Å². The van der Waals surface area contributed by atoms with E-state index in [1.165, 1.54) is 5.56 Å². The first-order valence-electron chi connectivity index (χ1n) is 5.77. The van der Waals surface area contributed by atoms with Gasteiger partial charge in [0.25, 0.3) is 0 Å². The molecule has 88 valence electrons. The van der Waals surface area contributed by atoms with Gasteiger partial charge in [0.05, 0.1) is 0 Å². The highest BCUT2D eigenvalue weighted by atomic mass is 16.1. The van der Waals surface area contributed by atoms with Gasteiger partial charge in [-0.3, -0.25) is 4.79 Å². The van der Waals surface area contributed by atoms with Crippen LogP contribution in [-0.2, 0) is 4.79 Å². The summed E-state index contributed by atoms with van der Waals surface area (Å²) in [5, 5.41) is 2.81. The van der Waals surface area contributed by atoms with Crippen LogP contribution in [0.3, 0.4) is 0 Å². The maximum absolute atomic E-state index is 11.3. The first kappa shape index (κ1) is 12.7. The van der Waals surface area contributed by atoms with Gasteiger partial charge in [0, 0.05) is 18.7 Å². The maximum atomic E-state index is 11.3. The van der Waals surface area contributed by atoms with Crippen LogP contribution in [0.4, 0.5) is 5.69 Å². The monoisotopic (exact) mass is 220 g/mol. The van der Waals surface area contributed by atoms with Crippen molar-refractivity contribution in [2.75, 3.05) is 11.9 Å². The van der Waals surface area contributed by atoms with Crippen LogP contribution in [0.1, 0.15) is 38.2 Å². The fraction of sp³-hybridized carbons (Fsp3) is 0.462. The molecule has 0 aliphatic rings. The van der Waals surface area contributed by atoms with Gasteiger partial charge in [-0.25, -0.2) is 0 Å². The van der Waals surface area contributed by atoms with Crippen LogP contribution < -0.4 is 11.1 Å². The summed E-state index contributed by atoms with van der Waals surface area (Å²) in [5.74, 6) is 0.535. The number of hydrogen-bond donors (Lipinski definition) is 2. The summed E-state index contributed by atoms with van der Waals surface area (Å²) in [6.45, 7) is 4.75. The smallest absolute Gasteiger partial charge is 0.225 e. The summed E-state index contributed by atoms with van der Waals surface area (Å²) < 4.78 is 0. The second kappa shape index (κ2) is 6.28. The van der Waals surface area contributed by atoms with E-state index in [1.54, 1.807) is 0 Å². The van der Waals surface area contributed by atoms with Gasteiger partial charge in [0.2, 0.25) is 5.91 Å². The molecule has 0 spiro atoms. The van der Waals surface area contributed by atoms with Crippen molar-refractivity contribution < 1.29 is 4.79 Å². The van der Waals surface area contributed by atoms with E-state index in [0.29, 0.717) is 18.9 Å². The molecule has 1 rings (SSSR count). The molecule has 0 heterocycles. The molecule has 3 N–H and O–H groups in total. The van der Waals surface area contributed by atoms with E-state index in [0.717, 1.165) is 12.1 Å². The quantitative estimate of drug-likeness (QED) is 0.801. The summed E-state index contributed by atoms with van der Waals surface area (Å²) in [5.41, 5.74) is 7.45. The third kappa shape index (κ3) is 3.66. The zero-order valence-electron chi connectivity index (χ0n) is 9.99. The SMILES string of the molecule is CC[C@@H](C)c1ccc(NC(=O)CCN)cc1. The van der Waals surface area contributed by atoms with Gasteiger partial charge in [-0.1, -0.05) is 26.0 Å². The topological polar surface area (TPSA) is 55.1 Å². The normalized spacial score (nSPS) is 12.2. The molecule has 3 nitrogen and oxygen atoms in total. The Kier molecular flexibility index (Phi) is 4.99. The molecule has 0 bridgehead atoms. The molecular weight excluding hydrogens is 200 g/mol. The van der Waals surface area contributed by atoms with Crippen molar-refractivity contribution in [2.24, 2.45) is 5.73 Å². The van der Waals surface area contributed by atoms with Crippen LogP contribution in [0.2, 0.25) is 0 Å². The van der Waals surface area contributed by atoms with E-state index in [4.69, 9.17) is 5.73 Å². The fourth-order valence-electron chi connectivity index (χ4n) is 1.49. The number of benzene rings is 1. The summed E-state index contributed by atoms with van der Waals surface area (Å²) in [4.78, 5) is 11.3. The lowest BCUT2D eigenvalue weighted by atomic mass is 9.99. The number of hydrogen-bond acceptors (Lipinski definition) is 2. The minimum atomic E-state index is -0.0289. The third-order valence-corrected chi connectivity index (χ3v) is 2.75. The van der Waals surface area contributed by atoms with Gasteiger partial charge >= 0.3 is 0 Å². The molecule has 0 aliphatic heterocycles. The molecule has 1 aromatic rings. The summed E-state index contributed by atoms with van der Waals surface area (Å²) in [6, 6.07) is 8.00. The van der Waals surface area contributed by atoms with Crippen LogP contribution in [0.5, 0.6) is 0 Å². The van der Waals surface area contributed by atoms with Gasteiger partial charge in [-0.15, -0.1) is 0 Å². The number of nitrogens with two attached hydrogens (primary N) is 1. The van der Waals surface area contributed by atoms with Crippen molar-refractivity contribution in [2.45, 2.75) is 32.6 Å². The molecule has 1 atom stereocenters. The lowest BCUT2D eigenvalue weighted by molar-refractivity contribution is -0.116. The molecule has 16 heavy (non-hydrogen) atoms. The molecule has 0 unspecified atom stereocenters. The maximum Gasteiger partial charge on any atom is 0.225 e. The van der Waals surface area contributed by atoms with E-state index in [1.807, 2.05) is 12.1 Å². The first-order chi connectivity index (χ1) is 7.67. The van der Waals surface area contributed by atoms with E-state index in [-0.39, 0.29) is 5.91 Å². The predicted octanol–water partition coefficient (Wildman–Crippen LogP) is 2.49. The number of anilines is 1. The Labute approximate surface area is 97.0 Å². The molecule has 0 saturated heterocycles. The molecule has 1 amide bonds. The number of rotatable bonds is 5. The van der Waals surface area contributed by atoms with Gasteiger partial charge in [-0.05, 0) is 30.0 Å². The average Bonchev–Trinajstić information content (AvgIpc) is 2.29. The highest BCUT2D eigenvalue weighted by Crippen LogP contribution is 2.20. The van der Waals surface area contributed by atoms with Gasteiger partial charge in [-0.2, -0.15) is 0 Å². The first-order valence-corrected chi connectivity index (χ1v) is 5.77. The Morgan fingerprint density at radius 2 is 2.00 bits per heavy atom. The summed E-state index contributed by atoms with van der Waals surface area (Å²) >= 11 is 0. The summed E-state index contributed by atoms with van der Waals surface area (Å²) in [6.07, 6.45) is 1.49. The van der Waals surface area contributed by atoms with Crippen LogP contribution in [0.25, 0.3) is 0 Å². The molecule has 0 aromatic heterocycles. The lowest BCUT2D eigenvalue weighted by Crippen LogP contribution is -2.16. The highest BCUT2D eigenvalue weighted by molar-refractivity contribution is 5.90. The van der Waals surface area contributed by atoms with E-state index in [9.17, 15) is 4.79 Å². The van der Waals surface area contributed by atoms with Gasteiger partial charge < -0.3 is 11.1 Å². The van der Waals surface area contributed by atoms with Gasteiger partial charge in [0.15, 0.2) is 0 Å². The molecular formula is C13H20N2O. The zero-order chi connectivity index (χ0) is 12.0. The van der Waals surface area contributed by atoms with E-state index >= 15 is 0 Å².